The summed E-state index contributed by atoms with van der Waals surface area (Å²) in [6, 6.07) is 0. The topological polar surface area (TPSA) is 46.6 Å². The number of hydrogen-bond donors (Lipinski definition) is 0. The molecule has 0 aromatic heterocycles. The van der Waals surface area contributed by atoms with Crippen molar-refractivity contribution in [3.63, 3.8) is 0 Å². The first-order chi connectivity index (χ1) is 8.50. The Kier molecular flexibility index (Phi) is 4.33. The van der Waals surface area contributed by atoms with Crippen LogP contribution >= 0.6 is 0 Å². The van der Waals surface area contributed by atoms with Crippen molar-refractivity contribution in [3.8, 4) is 0 Å². The van der Waals surface area contributed by atoms with Crippen LogP contribution in [-0.2, 0) is 9.53 Å². The first-order valence-electron chi connectivity index (χ1n) is 7.02. The molecule has 19 heavy (non-hydrogen) atoms. The molecule has 4 heteroatoms. The highest BCUT2D eigenvalue weighted by molar-refractivity contribution is 5.96. The normalized spacial score (nSPS) is 25.5. The van der Waals surface area contributed by atoms with Gasteiger partial charge < -0.3 is 4.74 Å². The lowest BCUT2D eigenvalue weighted by Gasteiger charge is -2.46. The molecule has 0 saturated carbocycles. The van der Waals surface area contributed by atoms with Crippen molar-refractivity contribution in [2.24, 2.45) is 16.7 Å². The molecule has 2 atom stereocenters. The maximum absolute atomic E-state index is 12.7. The number of hydrogen-bond acceptors (Lipinski definition) is 3. The van der Waals surface area contributed by atoms with Crippen molar-refractivity contribution in [1.29, 1.82) is 0 Å². The number of rotatable bonds is 2. The zero-order chi connectivity index (χ0) is 15.0. The third kappa shape index (κ3) is 3.28. The zero-order valence-corrected chi connectivity index (χ0v) is 13.2. The van der Waals surface area contributed by atoms with Crippen molar-refractivity contribution in [3.05, 3.63) is 0 Å². The maximum atomic E-state index is 12.7. The van der Waals surface area contributed by atoms with Crippen molar-refractivity contribution in [1.82, 2.24) is 4.90 Å². The van der Waals surface area contributed by atoms with Crippen LogP contribution in [0.4, 0.5) is 4.79 Å². The van der Waals surface area contributed by atoms with E-state index in [1.54, 1.807) is 0 Å². The molecule has 2 unspecified atom stereocenters. The van der Waals surface area contributed by atoms with Crippen LogP contribution in [0.1, 0.15) is 54.9 Å². The van der Waals surface area contributed by atoms with Crippen molar-refractivity contribution in [2.75, 3.05) is 6.54 Å². The lowest BCUT2D eigenvalue weighted by molar-refractivity contribution is -0.159. The molecule has 1 heterocycles. The molecule has 110 valence electrons. The predicted molar refractivity (Wildman–Crippen MR) is 74.7 cm³/mol. The van der Waals surface area contributed by atoms with E-state index in [1.807, 2.05) is 48.5 Å². The largest absolute Gasteiger partial charge is 0.444 e. The van der Waals surface area contributed by atoms with Gasteiger partial charge in [0.2, 0.25) is 5.91 Å². The summed E-state index contributed by atoms with van der Waals surface area (Å²) in [5.74, 6) is -0.387. The van der Waals surface area contributed by atoms with Crippen LogP contribution in [0.3, 0.4) is 0 Å². The van der Waals surface area contributed by atoms with E-state index in [0.29, 0.717) is 6.54 Å². The Morgan fingerprint density at radius 1 is 1.05 bits per heavy atom. The molecule has 1 saturated heterocycles. The summed E-state index contributed by atoms with van der Waals surface area (Å²) in [5, 5.41) is 0. The van der Waals surface area contributed by atoms with Gasteiger partial charge in [0.15, 0.2) is 0 Å². The average Bonchev–Trinajstić information content (AvgIpc) is 2.19. The molecule has 0 spiro atoms. The fraction of sp³-hybridized carbons (Fsp3) is 0.867. The SMILES string of the molecule is CCCN1C(=O)OC(C(C)(C)C)C(C(C)(C)C)C1=O. The second-order valence-corrected chi connectivity index (χ2v) is 7.50. The van der Waals surface area contributed by atoms with Gasteiger partial charge in [-0.05, 0) is 17.3 Å². The van der Waals surface area contributed by atoms with E-state index in [9.17, 15) is 9.59 Å². The molecular weight excluding hydrogens is 242 g/mol. The van der Waals surface area contributed by atoms with E-state index < -0.39 is 6.09 Å². The van der Waals surface area contributed by atoms with Gasteiger partial charge in [-0.15, -0.1) is 0 Å². The molecule has 0 aromatic rings. The van der Waals surface area contributed by atoms with Gasteiger partial charge in [-0.1, -0.05) is 48.5 Å². The zero-order valence-electron chi connectivity index (χ0n) is 13.2. The van der Waals surface area contributed by atoms with Crippen LogP contribution in [0.2, 0.25) is 0 Å². The number of imide groups is 1. The highest BCUT2D eigenvalue weighted by atomic mass is 16.6. The molecule has 1 aliphatic rings. The quantitative estimate of drug-likeness (QED) is 0.771. The fourth-order valence-corrected chi connectivity index (χ4v) is 2.55. The summed E-state index contributed by atoms with van der Waals surface area (Å²) < 4.78 is 5.59. The third-order valence-electron chi connectivity index (χ3n) is 3.52. The Bertz CT molecular complexity index is 363. The number of carbonyl (C=O) groups is 2. The van der Waals surface area contributed by atoms with E-state index in [2.05, 4.69) is 0 Å². The average molecular weight is 269 g/mol. The molecule has 0 N–H and O–H groups in total. The molecule has 1 aliphatic heterocycles. The van der Waals surface area contributed by atoms with Crippen LogP contribution in [-0.4, -0.2) is 29.5 Å². The molecule has 0 bridgehead atoms. The molecule has 4 nitrogen and oxygen atoms in total. The number of cyclic esters (lactones) is 1. The van der Waals surface area contributed by atoms with E-state index in [0.717, 1.165) is 6.42 Å². The van der Waals surface area contributed by atoms with Gasteiger partial charge >= 0.3 is 6.09 Å². The van der Waals surface area contributed by atoms with E-state index in [-0.39, 0.29) is 28.8 Å². The first kappa shape index (κ1) is 16.0. The lowest BCUT2D eigenvalue weighted by Crippen LogP contribution is -2.59. The van der Waals surface area contributed by atoms with Gasteiger partial charge in [-0.3, -0.25) is 4.79 Å². The van der Waals surface area contributed by atoms with Gasteiger partial charge in [0.25, 0.3) is 0 Å². The van der Waals surface area contributed by atoms with Crippen molar-refractivity contribution < 1.29 is 14.3 Å². The minimum atomic E-state index is -0.493. The Morgan fingerprint density at radius 2 is 1.58 bits per heavy atom. The van der Waals surface area contributed by atoms with E-state index in [1.165, 1.54) is 4.90 Å². The number of nitrogens with zero attached hydrogens (tertiary/aromatic N) is 1. The summed E-state index contributed by atoms with van der Waals surface area (Å²) in [4.78, 5) is 25.9. The molecule has 1 fully saturated rings. The lowest BCUT2D eigenvalue weighted by atomic mass is 9.68. The van der Waals surface area contributed by atoms with E-state index >= 15 is 0 Å². The fourth-order valence-electron chi connectivity index (χ4n) is 2.55. The summed E-state index contributed by atoms with van der Waals surface area (Å²) >= 11 is 0. The van der Waals surface area contributed by atoms with Gasteiger partial charge in [0, 0.05) is 6.54 Å². The highest BCUT2D eigenvalue weighted by Crippen LogP contribution is 2.42. The third-order valence-corrected chi connectivity index (χ3v) is 3.52. The molecule has 2 amide bonds. The Labute approximate surface area is 116 Å². The smallest absolute Gasteiger partial charge is 0.416 e. The Morgan fingerprint density at radius 3 is 1.95 bits per heavy atom. The summed E-state index contributed by atoms with van der Waals surface area (Å²) in [7, 11) is 0. The number of ether oxygens (including phenoxy) is 1. The summed E-state index contributed by atoms with van der Waals surface area (Å²) in [6.07, 6.45) is -0.120. The Hall–Kier alpha value is -1.06. The molecule has 1 rings (SSSR count). The van der Waals surface area contributed by atoms with Crippen molar-refractivity contribution >= 4 is 12.0 Å². The second-order valence-electron chi connectivity index (χ2n) is 7.50. The van der Waals surface area contributed by atoms with Gasteiger partial charge in [0.05, 0.1) is 5.92 Å². The van der Waals surface area contributed by atoms with Crippen LogP contribution in [0.25, 0.3) is 0 Å². The highest BCUT2D eigenvalue weighted by Gasteiger charge is 2.52. The number of carbonyl (C=O) groups excluding carboxylic acids is 2. The summed E-state index contributed by atoms with van der Waals surface area (Å²) in [5.41, 5.74) is -0.483. The molecule has 0 radical (unpaired) electrons. The minimum Gasteiger partial charge on any atom is -0.444 e. The maximum Gasteiger partial charge on any atom is 0.416 e. The van der Waals surface area contributed by atoms with Crippen LogP contribution in [0, 0.1) is 16.7 Å². The summed E-state index contributed by atoms with van der Waals surface area (Å²) in [6.45, 7) is 14.5. The van der Waals surface area contributed by atoms with Crippen molar-refractivity contribution in [2.45, 2.75) is 61.0 Å². The molecular formula is C15H27NO3. The van der Waals surface area contributed by atoms with Gasteiger partial charge in [-0.2, -0.15) is 0 Å². The monoisotopic (exact) mass is 269 g/mol. The van der Waals surface area contributed by atoms with Gasteiger partial charge in [0.1, 0.15) is 6.10 Å². The first-order valence-corrected chi connectivity index (χ1v) is 7.02. The standard InChI is InChI=1S/C15H27NO3/c1-8-9-16-12(17)10(14(2,3)4)11(15(5,6)7)19-13(16)18/h10-11H,8-9H2,1-7H3. The van der Waals surface area contributed by atoms with Crippen LogP contribution in [0.15, 0.2) is 0 Å². The van der Waals surface area contributed by atoms with E-state index in [4.69, 9.17) is 4.74 Å². The van der Waals surface area contributed by atoms with Crippen LogP contribution in [0.5, 0.6) is 0 Å². The minimum absolute atomic E-state index is 0.0921. The molecule has 0 aliphatic carbocycles. The van der Waals surface area contributed by atoms with Crippen LogP contribution < -0.4 is 0 Å². The second kappa shape index (κ2) is 5.14. The Balaban J connectivity index is 3.17. The molecule has 0 aromatic carbocycles. The number of amides is 2. The van der Waals surface area contributed by atoms with Gasteiger partial charge in [-0.25, -0.2) is 9.69 Å². The predicted octanol–water partition coefficient (Wildman–Crippen LogP) is 3.45.